The van der Waals surface area contributed by atoms with Gasteiger partial charge in [0.2, 0.25) is 19.7 Å². The number of hydrazine groups is 1. The molecule has 0 aliphatic heterocycles. The van der Waals surface area contributed by atoms with Crippen molar-refractivity contribution in [3.63, 3.8) is 0 Å². The predicted octanol–water partition coefficient (Wildman–Crippen LogP) is 8.49. The minimum absolute atomic E-state index is 0.0183. The third-order valence-electron chi connectivity index (χ3n) is 8.19. The summed E-state index contributed by atoms with van der Waals surface area (Å²) >= 11 is 3.29. The number of carbonyl (C=O) groups is 2. The molecule has 19 heteroatoms. The van der Waals surface area contributed by atoms with E-state index in [9.17, 15) is 39.6 Å². The molecule has 2 N–H and O–H groups in total. The first-order chi connectivity index (χ1) is 27.6. The summed E-state index contributed by atoms with van der Waals surface area (Å²) in [4.78, 5) is 35.4. The Morgan fingerprint density at radius 3 is 1.47 bits per heavy atom. The Morgan fingerprint density at radius 2 is 1.03 bits per heavy atom. The molecule has 0 bridgehead atoms. The van der Waals surface area contributed by atoms with Gasteiger partial charge in [0.1, 0.15) is 10.6 Å². The van der Waals surface area contributed by atoms with Crippen LogP contribution in [-0.4, -0.2) is 55.2 Å². The number of para-hydroxylation sites is 1. The number of ether oxygens (including phenoxy) is 1. The Kier molecular flexibility index (Phi) is 12.4. The van der Waals surface area contributed by atoms with E-state index < -0.39 is 48.7 Å². The summed E-state index contributed by atoms with van der Waals surface area (Å²) in [5.74, 6) is -0.910. The molecule has 0 aliphatic carbocycles. The van der Waals surface area contributed by atoms with Gasteiger partial charge >= 0.3 is 18.4 Å². The zero-order valence-corrected chi connectivity index (χ0v) is 33.0. The van der Waals surface area contributed by atoms with Crippen molar-refractivity contribution >= 4 is 59.0 Å². The highest BCUT2D eigenvalue weighted by Gasteiger charge is 2.34. The fraction of sp³-hybridized carbons (Fsp3) is 0.0769. The van der Waals surface area contributed by atoms with Crippen LogP contribution in [0.2, 0.25) is 0 Å². The Hall–Kier alpha value is -6.31. The second-order valence-electron chi connectivity index (χ2n) is 12.2. The zero-order valence-electron chi connectivity index (χ0n) is 29.7. The van der Waals surface area contributed by atoms with E-state index in [0.717, 1.165) is 34.3 Å². The van der Waals surface area contributed by atoms with Gasteiger partial charge in [-0.15, -0.1) is 13.2 Å². The summed E-state index contributed by atoms with van der Waals surface area (Å²) in [5.41, 5.74) is 1.33. The molecule has 2 heterocycles. The zero-order chi connectivity index (χ0) is 41.5. The molecule has 0 aliphatic rings. The Balaban J connectivity index is 1.28. The number of nitrogens with one attached hydrogen (secondary N) is 2. The van der Waals surface area contributed by atoms with Crippen LogP contribution in [0.1, 0.15) is 11.1 Å². The number of halogens is 4. The van der Waals surface area contributed by atoms with E-state index in [4.69, 9.17) is 0 Å². The van der Waals surface area contributed by atoms with Gasteiger partial charge in [-0.2, -0.15) is 0 Å². The number of hydrogen-bond donors (Lipinski definition) is 2. The Labute approximate surface area is 339 Å². The average Bonchev–Trinajstić information content (AvgIpc) is 3.20. The topological polar surface area (TPSA) is 168 Å². The van der Waals surface area contributed by atoms with Gasteiger partial charge in [-0.3, -0.25) is 9.97 Å². The van der Waals surface area contributed by atoms with Crippen LogP contribution >= 0.6 is 15.9 Å². The fourth-order valence-electron chi connectivity index (χ4n) is 5.43. The SMILES string of the molecule is O=C(Nc1ccc(S(=O)(=O)c2ccc(Br)cc2)cc1)N(Cc1cccnc1)N(Cc1cccnc1)C(=O)Nc1ccc(S(=O)(=O)c2ccccc2OC(F)(F)F)cc1. The molecule has 0 atom stereocenters. The number of aromatic nitrogens is 2. The van der Waals surface area contributed by atoms with Gasteiger partial charge in [0.05, 0.1) is 27.8 Å². The van der Waals surface area contributed by atoms with Crippen LogP contribution in [-0.2, 0) is 32.8 Å². The van der Waals surface area contributed by atoms with Crippen molar-refractivity contribution in [2.75, 3.05) is 10.6 Å². The summed E-state index contributed by atoms with van der Waals surface area (Å²) in [7, 11) is -8.40. The van der Waals surface area contributed by atoms with Gasteiger partial charge in [-0.25, -0.2) is 36.4 Å². The van der Waals surface area contributed by atoms with Crippen LogP contribution in [0.15, 0.2) is 170 Å². The van der Waals surface area contributed by atoms with Crippen molar-refractivity contribution in [1.29, 1.82) is 0 Å². The smallest absolute Gasteiger partial charge is 0.404 e. The molecule has 0 radical (unpaired) electrons. The number of amides is 4. The first-order valence-electron chi connectivity index (χ1n) is 16.9. The normalized spacial score (nSPS) is 11.7. The van der Waals surface area contributed by atoms with Crippen LogP contribution in [0, 0.1) is 0 Å². The van der Waals surface area contributed by atoms with E-state index in [1.165, 1.54) is 85.5 Å². The van der Waals surface area contributed by atoms with Crippen molar-refractivity contribution in [2.45, 2.75) is 39.0 Å². The van der Waals surface area contributed by atoms with Crippen LogP contribution in [0.25, 0.3) is 0 Å². The fourth-order valence-corrected chi connectivity index (χ4v) is 8.34. The number of hydrogen-bond acceptors (Lipinski definition) is 9. The van der Waals surface area contributed by atoms with Gasteiger partial charge in [0.15, 0.2) is 0 Å². The van der Waals surface area contributed by atoms with E-state index in [1.54, 1.807) is 36.4 Å². The van der Waals surface area contributed by atoms with Crippen molar-refractivity contribution < 1.29 is 44.3 Å². The first kappa shape index (κ1) is 41.3. The van der Waals surface area contributed by atoms with Gasteiger partial charge in [-0.1, -0.05) is 40.2 Å². The summed E-state index contributed by atoms with van der Waals surface area (Å²) in [6.45, 7) is -0.375. The van der Waals surface area contributed by atoms with Crippen LogP contribution in [0.4, 0.5) is 34.1 Å². The monoisotopic (exact) mass is 894 g/mol. The lowest BCUT2D eigenvalue weighted by molar-refractivity contribution is -0.275. The van der Waals surface area contributed by atoms with E-state index in [-0.39, 0.29) is 39.2 Å². The molecule has 6 aromatic rings. The second-order valence-corrected chi connectivity index (χ2v) is 17.0. The van der Waals surface area contributed by atoms with Crippen molar-refractivity contribution in [3.8, 4) is 5.75 Å². The average molecular weight is 896 g/mol. The summed E-state index contributed by atoms with van der Waals surface area (Å²) in [6.07, 6.45) is 0.906. The molecular weight excluding hydrogens is 865 g/mol. The molecule has 4 aromatic carbocycles. The van der Waals surface area contributed by atoms with Crippen LogP contribution in [0.5, 0.6) is 5.75 Å². The number of benzene rings is 4. The summed E-state index contributed by atoms with van der Waals surface area (Å²) in [6, 6.07) is 25.6. The Morgan fingerprint density at radius 1 is 0.603 bits per heavy atom. The summed E-state index contributed by atoms with van der Waals surface area (Å²) < 4.78 is 96.9. The van der Waals surface area contributed by atoms with Crippen LogP contribution in [0.3, 0.4) is 0 Å². The number of anilines is 2. The molecule has 298 valence electrons. The Bertz CT molecular complexity index is 2610. The molecule has 4 amide bonds. The van der Waals surface area contributed by atoms with Gasteiger partial charge in [-0.05, 0) is 108 Å². The molecule has 0 spiro atoms. The van der Waals surface area contributed by atoms with Gasteiger partial charge in [0, 0.05) is 40.6 Å². The van der Waals surface area contributed by atoms with Gasteiger partial charge in [0.25, 0.3) is 0 Å². The standard InChI is InChI=1S/C39H30BrF3N6O7S2/c40-29-9-15-32(16-10-29)57(52,53)33-17-11-30(12-18-33)46-37(50)48(25-27-5-3-21-44-23-27)49(26-28-6-4-22-45-24-28)38(51)47-31-13-19-34(20-14-31)58(54,55)36-8-2-1-7-35(36)56-39(41,42)43/h1-24H,25-26H2,(H,46,50)(H,47,51). The number of sulfone groups is 2. The predicted molar refractivity (Wildman–Crippen MR) is 209 cm³/mol. The number of alkyl halides is 3. The van der Waals surface area contributed by atoms with E-state index >= 15 is 0 Å². The molecule has 58 heavy (non-hydrogen) atoms. The molecule has 0 saturated carbocycles. The highest BCUT2D eigenvalue weighted by atomic mass is 79.9. The molecule has 0 unspecified atom stereocenters. The van der Waals surface area contributed by atoms with Crippen molar-refractivity contribution in [2.24, 2.45) is 0 Å². The quantitative estimate of drug-likeness (QED) is 0.121. The lowest BCUT2D eigenvalue weighted by atomic mass is 10.2. The largest absolute Gasteiger partial charge is 0.573 e. The van der Waals surface area contributed by atoms with Crippen LogP contribution < -0.4 is 15.4 Å². The maximum absolute atomic E-state index is 14.1. The van der Waals surface area contributed by atoms with E-state index in [0.29, 0.717) is 15.6 Å². The van der Waals surface area contributed by atoms with Crippen molar-refractivity contribution in [1.82, 2.24) is 20.0 Å². The molecular formula is C39H30BrF3N6O7S2. The minimum Gasteiger partial charge on any atom is -0.404 e. The maximum Gasteiger partial charge on any atom is 0.573 e. The molecule has 0 fully saturated rings. The molecule has 13 nitrogen and oxygen atoms in total. The number of urea groups is 2. The molecule has 0 saturated heterocycles. The van der Waals surface area contributed by atoms with E-state index in [1.807, 2.05) is 0 Å². The number of pyridine rings is 2. The lowest BCUT2D eigenvalue weighted by Gasteiger charge is -2.35. The third-order valence-corrected chi connectivity index (χ3v) is 12.3. The van der Waals surface area contributed by atoms with Gasteiger partial charge < -0.3 is 15.4 Å². The summed E-state index contributed by atoms with van der Waals surface area (Å²) in [5, 5.41) is 7.54. The second kappa shape index (κ2) is 17.5. The van der Waals surface area contributed by atoms with Crippen molar-refractivity contribution in [3.05, 3.63) is 162 Å². The molecule has 6 rings (SSSR count). The number of carbonyl (C=O) groups excluding carboxylic acids is 2. The number of nitrogens with zero attached hydrogens (tertiary/aromatic N) is 4. The maximum atomic E-state index is 14.1. The number of rotatable bonds is 11. The highest BCUT2D eigenvalue weighted by Crippen LogP contribution is 2.33. The third kappa shape index (κ3) is 10.2. The highest BCUT2D eigenvalue weighted by molar-refractivity contribution is 9.10. The minimum atomic E-state index is -5.14. The molecule has 2 aromatic heterocycles. The van der Waals surface area contributed by atoms with E-state index in [2.05, 4.69) is 41.3 Å². The lowest BCUT2D eigenvalue weighted by Crippen LogP contribution is -2.52. The first-order valence-corrected chi connectivity index (χ1v) is 20.6.